The number of hydrogen-bond acceptors (Lipinski definition) is 2. The van der Waals surface area contributed by atoms with Gasteiger partial charge in [0.05, 0.1) is 16.1 Å². The second-order valence-corrected chi connectivity index (χ2v) is 10.6. The molecule has 4 aromatic rings. The minimum absolute atomic E-state index is 0.664. The topological polar surface area (TPSA) is 24.4 Å². The molecule has 0 aliphatic rings. The highest BCUT2D eigenvalue weighted by atomic mass is 31.1. The van der Waals surface area contributed by atoms with E-state index in [9.17, 15) is 0 Å². The van der Waals surface area contributed by atoms with Crippen molar-refractivity contribution in [3.8, 4) is 0 Å². The standard InChI is InChI=1S/C27H24N2P2/c1-5-14-24(15-6-1)30(25-16-7-2-8-17-25)28-22-13-23-29-31(26-18-9-3-10-19-26)27-20-11-4-12-21-27/h1-23,28H/b22-13-,29-23+. The SMILES string of the molecule is C(=C/NP(c1ccccc1)c1ccccc1)/C=N/P(c1ccccc1)c1ccccc1. The second kappa shape index (κ2) is 11.4. The number of rotatable bonds is 8. The van der Waals surface area contributed by atoms with E-state index in [2.05, 4.69) is 114 Å². The van der Waals surface area contributed by atoms with Crippen LogP contribution in [0.2, 0.25) is 0 Å². The van der Waals surface area contributed by atoms with Gasteiger partial charge >= 0.3 is 0 Å². The average Bonchev–Trinajstić information content (AvgIpc) is 2.86. The molecule has 0 heterocycles. The van der Waals surface area contributed by atoms with Gasteiger partial charge in [0, 0.05) is 33.6 Å². The molecule has 0 saturated carbocycles. The van der Waals surface area contributed by atoms with Gasteiger partial charge in [0.2, 0.25) is 0 Å². The Bertz CT molecular complexity index is 1020. The summed E-state index contributed by atoms with van der Waals surface area (Å²) in [5.74, 6) is 0. The molecule has 2 nitrogen and oxygen atoms in total. The van der Waals surface area contributed by atoms with Crippen molar-refractivity contribution in [1.82, 2.24) is 5.09 Å². The molecule has 152 valence electrons. The summed E-state index contributed by atoms with van der Waals surface area (Å²) in [6, 6.07) is 42.2. The van der Waals surface area contributed by atoms with Crippen molar-refractivity contribution in [1.29, 1.82) is 0 Å². The van der Waals surface area contributed by atoms with Crippen LogP contribution in [0.15, 0.2) is 138 Å². The maximum Gasteiger partial charge on any atom is 0.0779 e. The van der Waals surface area contributed by atoms with Crippen LogP contribution >= 0.6 is 16.1 Å². The van der Waals surface area contributed by atoms with Gasteiger partial charge in [0.1, 0.15) is 0 Å². The Hall–Kier alpha value is -3.05. The van der Waals surface area contributed by atoms with Gasteiger partial charge in [0.15, 0.2) is 0 Å². The molecular formula is C27H24N2P2. The zero-order chi connectivity index (χ0) is 21.1. The fraction of sp³-hybridized carbons (Fsp3) is 0. The van der Waals surface area contributed by atoms with E-state index in [-0.39, 0.29) is 0 Å². The fourth-order valence-electron chi connectivity index (χ4n) is 3.14. The van der Waals surface area contributed by atoms with Crippen molar-refractivity contribution in [3.63, 3.8) is 0 Å². The summed E-state index contributed by atoms with van der Waals surface area (Å²) in [4.78, 5) is 0. The minimum Gasteiger partial charge on any atom is -0.363 e. The van der Waals surface area contributed by atoms with Crippen molar-refractivity contribution in [2.75, 3.05) is 0 Å². The van der Waals surface area contributed by atoms with E-state index in [1.54, 1.807) is 0 Å². The molecule has 0 spiro atoms. The Morgan fingerprint density at radius 2 is 0.903 bits per heavy atom. The molecule has 0 aliphatic carbocycles. The smallest absolute Gasteiger partial charge is 0.0779 e. The predicted octanol–water partition coefficient (Wildman–Crippen LogP) is 5.26. The van der Waals surface area contributed by atoms with Crippen LogP contribution in [0.4, 0.5) is 0 Å². The molecule has 1 N–H and O–H groups in total. The van der Waals surface area contributed by atoms with E-state index in [1.807, 2.05) is 30.6 Å². The summed E-state index contributed by atoms with van der Waals surface area (Å²) in [7, 11) is -1.44. The number of allylic oxidation sites excluding steroid dienone is 1. The Labute approximate surface area is 187 Å². The number of nitrogens with zero attached hydrogens (tertiary/aromatic N) is 1. The summed E-state index contributed by atoms with van der Waals surface area (Å²) in [5.41, 5.74) is 0. The lowest BCUT2D eigenvalue weighted by Crippen LogP contribution is -2.19. The average molecular weight is 438 g/mol. The Kier molecular flexibility index (Phi) is 7.77. The minimum atomic E-state index is -0.775. The maximum absolute atomic E-state index is 4.93. The second-order valence-electron chi connectivity index (χ2n) is 6.74. The van der Waals surface area contributed by atoms with Gasteiger partial charge in [-0.25, -0.2) is 0 Å². The van der Waals surface area contributed by atoms with Gasteiger partial charge in [-0.3, -0.25) is 4.76 Å². The Morgan fingerprint density at radius 1 is 0.516 bits per heavy atom. The lowest BCUT2D eigenvalue weighted by Gasteiger charge is -2.18. The predicted molar refractivity (Wildman–Crippen MR) is 139 cm³/mol. The lowest BCUT2D eigenvalue weighted by atomic mass is 10.4. The molecule has 0 atom stereocenters. The number of benzene rings is 4. The molecule has 0 aromatic heterocycles. The first-order valence-corrected chi connectivity index (χ1v) is 12.8. The Balaban J connectivity index is 1.51. The van der Waals surface area contributed by atoms with Crippen LogP contribution in [0.5, 0.6) is 0 Å². The van der Waals surface area contributed by atoms with Gasteiger partial charge in [0.25, 0.3) is 0 Å². The molecule has 0 radical (unpaired) electrons. The molecule has 0 aliphatic heterocycles. The van der Waals surface area contributed by atoms with E-state index >= 15 is 0 Å². The van der Waals surface area contributed by atoms with E-state index in [1.165, 1.54) is 21.2 Å². The molecule has 4 heteroatoms. The normalized spacial score (nSPS) is 11.5. The monoisotopic (exact) mass is 438 g/mol. The highest BCUT2D eigenvalue weighted by Gasteiger charge is 2.12. The van der Waals surface area contributed by atoms with E-state index in [0.717, 1.165) is 0 Å². The van der Waals surface area contributed by atoms with Crippen LogP contribution in [0.1, 0.15) is 0 Å². The van der Waals surface area contributed by atoms with Gasteiger partial charge in [-0.1, -0.05) is 121 Å². The third-order valence-corrected chi connectivity index (χ3v) is 8.57. The zero-order valence-electron chi connectivity index (χ0n) is 17.1. The van der Waals surface area contributed by atoms with Crippen LogP contribution < -0.4 is 26.3 Å². The number of hydrogen-bond donors (Lipinski definition) is 1. The third kappa shape index (κ3) is 5.98. The maximum atomic E-state index is 4.93. The van der Waals surface area contributed by atoms with Crippen LogP contribution in [0.25, 0.3) is 0 Å². The van der Waals surface area contributed by atoms with Crippen molar-refractivity contribution in [3.05, 3.63) is 134 Å². The van der Waals surface area contributed by atoms with Crippen molar-refractivity contribution >= 4 is 43.6 Å². The van der Waals surface area contributed by atoms with Gasteiger partial charge < -0.3 is 5.09 Å². The fourth-order valence-corrected chi connectivity index (χ4v) is 6.59. The van der Waals surface area contributed by atoms with E-state index in [4.69, 9.17) is 4.76 Å². The first-order valence-electron chi connectivity index (χ1n) is 10.2. The molecule has 0 unspecified atom stereocenters. The van der Waals surface area contributed by atoms with Crippen molar-refractivity contribution in [2.24, 2.45) is 4.76 Å². The number of nitrogens with one attached hydrogen (secondary N) is 1. The molecule has 31 heavy (non-hydrogen) atoms. The summed E-state index contributed by atoms with van der Waals surface area (Å²) in [5, 5.41) is 8.69. The van der Waals surface area contributed by atoms with Crippen LogP contribution in [-0.2, 0) is 0 Å². The van der Waals surface area contributed by atoms with Crippen LogP contribution in [0, 0.1) is 0 Å². The van der Waals surface area contributed by atoms with E-state index < -0.39 is 16.1 Å². The summed E-state index contributed by atoms with van der Waals surface area (Å²) < 4.78 is 4.93. The molecule has 0 saturated heterocycles. The summed E-state index contributed by atoms with van der Waals surface area (Å²) in [6.07, 6.45) is 5.93. The summed E-state index contributed by atoms with van der Waals surface area (Å²) in [6.45, 7) is 0. The molecule has 4 aromatic carbocycles. The van der Waals surface area contributed by atoms with Gasteiger partial charge in [-0.05, 0) is 6.08 Å². The van der Waals surface area contributed by atoms with E-state index in [0.29, 0.717) is 0 Å². The highest BCUT2D eigenvalue weighted by Crippen LogP contribution is 2.34. The largest absolute Gasteiger partial charge is 0.363 e. The molecule has 4 rings (SSSR count). The molecule has 0 amide bonds. The zero-order valence-corrected chi connectivity index (χ0v) is 18.9. The quantitative estimate of drug-likeness (QED) is 0.295. The summed E-state index contributed by atoms with van der Waals surface area (Å²) >= 11 is 0. The van der Waals surface area contributed by atoms with Gasteiger partial charge in [-0.2, -0.15) is 0 Å². The highest BCUT2D eigenvalue weighted by molar-refractivity contribution is 7.72. The molecular weight excluding hydrogens is 414 g/mol. The van der Waals surface area contributed by atoms with Crippen molar-refractivity contribution < 1.29 is 0 Å². The molecule has 0 fully saturated rings. The third-order valence-electron chi connectivity index (χ3n) is 4.60. The lowest BCUT2D eigenvalue weighted by molar-refractivity contribution is 1.40. The first-order chi connectivity index (χ1) is 15.4. The van der Waals surface area contributed by atoms with Crippen molar-refractivity contribution in [2.45, 2.75) is 0 Å². The first kappa shape index (κ1) is 21.2. The molecule has 0 bridgehead atoms. The van der Waals surface area contributed by atoms with Crippen LogP contribution in [0.3, 0.4) is 0 Å². The van der Waals surface area contributed by atoms with Gasteiger partial charge in [-0.15, -0.1) is 0 Å². The van der Waals surface area contributed by atoms with Crippen LogP contribution in [-0.4, -0.2) is 6.21 Å². The Morgan fingerprint density at radius 3 is 1.32 bits per heavy atom.